The number of carbonyl (C=O) groups is 1. The maximum Gasteiger partial charge on any atom is 0.235 e. The summed E-state index contributed by atoms with van der Waals surface area (Å²) in [6.07, 6.45) is 0. The molecule has 0 unspecified atom stereocenters. The molecule has 0 fully saturated rings. The van der Waals surface area contributed by atoms with Crippen molar-refractivity contribution >= 4 is 51.6 Å². The number of hydrogen-bond donors (Lipinski definition) is 0. The predicted molar refractivity (Wildman–Crippen MR) is 129 cm³/mol. The van der Waals surface area contributed by atoms with E-state index in [1.165, 1.54) is 12.1 Å². The van der Waals surface area contributed by atoms with Gasteiger partial charge >= 0.3 is 0 Å². The van der Waals surface area contributed by atoms with Gasteiger partial charge in [0, 0.05) is 16.1 Å². The van der Waals surface area contributed by atoms with Crippen LogP contribution in [0.2, 0.25) is 15.1 Å². The highest BCUT2D eigenvalue weighted by Crippen LogP contribution is 2.36. The third-order valence-corrected chi connectivity index (χ3v) is 5.86. The summed E-state index contributed by atoms with van der Waals surface area (Å²) in [5.74, 6) is -0.333. The molecule has 4 rings (SSSR count). The molecule has 3 aromatic carbocycles. The minimum Gasteiger partial charge on any atom is -0.478 e. The van der Waals surface area contributed by atoms with Crippen LogP contribution in [0.25, 0.3) is 22.3 Å². The highest BCUT2D eigenvalue weighted by Gasteiger charge is 2.22. The van der Waals surface area contributed by atoms with Crippen LogP contribution in [0.3, 0.4) is 0 Å². The smallest absolute Gasteiger partial charge is 0.235 e. The number of ketones is 1. The second kappa shape index (κ2) is 8.99. The molecule has 0 aliphatic heterocycles. The fraction of sp³-hybridized carbons (Fsp3) is 0.120. The number of benzene rings is 3. The van der Waals surface area contributed by atoms with Gasteiger partial charge in [-0.05, 0) is 61.4 Å². The van der Waals surface area contributed by atoms with Gasteiger partial charge in [-0.25, -0.2) is 0 Å². The molecule has 0 bridgehead atoms. The standard InChI is InChI=1S/C25H17Cl3O4/c1-13-9-14(2)23-18(10-13)22(30)25(24(32-23)17-5-3-4-6-19(17)27)31-12-21(29)16-8-7-15(26)11-20(16)28/h3-11H,12H2,1-2H3. The Morgan fingerprint density at radius 1 is 0.969 bits per heavy atom. The first-order valence-corrected chi connectivity index (χ1v) is 10.8. The van der Waals surface area contributed by atoms with E-state index >= 15 is 0 Å². The lowest BCUT2D eigenvalue weighted by atomic mass is 10.1. The van der Waals surface area contributed by atoms with E-state index in [0.717, 1.165) is 11.1 Å². The van der Waals surface area contributed by atoms with Crippen LogP contribution >= 0.6 is 34.8 Å². The second-order valence-electron chi connectivity index (χ2n) is 7.36. The summed E-state index contributed by atoms with van der Waals surface area (Å²) < 4.78 is 11.9. The summed E-state index contributed by atoms with van der Waals surface area (Å²) in [5.41, 5.74) is 2.49. The van der Waals surface area contributed by atoms with Gasteiger partial charge < -0.3 is 9.15 Å². The molecule has 162 valence electrons. The fourth-order valence-electron chi connectivity index (χ4n) is 3.52. The van der Waals surface area contributed by atoms with Crippen molar-refractivity contribution in [1.29, 1.82) is 0 Å². The van der Waals surface area contributed by atoms with Gasteiger partial charge in [-0.1, -0.05) is 53.0 Å². The van der Waals surface area contributed by atoms with E-state index in [-0.39, 0.29) is 27.5 Å². The van der Waals surface area contributed by atoms with Crippen molar-refractivity contribution in [2.75, 3.05) is 6.61 Å². The van der Waals surface area contributed by atoms with Crippen molar-refractivity contribution in [3.05, 3.63) is 96.6 Å². The van der Waals surface area contributed by atoms with Crippen LogP contribution in [0.15, 0.2) is 63.8 Å². The van der Waals surface area contributed by atoms with E-state index in [1.54, 1.807) is 36.4 Å². The van der Waals surface area contributed by atoms with Crippen LogP contribution in [0.1, 0.15) is 21.5 Å². The number of aryl methyl sites for hydroxylation is 2. The molecule has 7 heteroatoms. The largest absolute Gasteiger partial charge is 0.478 e. The number of Topliss-reactive ketones (excluding diaryl/α,β-unsaturated/α-hetero) is 1. The van der Waals surface area contributed by atoms with Gasteiger partial charge in [0.1, 0.15) is 5.58 Å². The lowest BCUT2D eigenvalue weighted by Crippen LogP contribution is -2.17. The van der Waals surface area contributed by atoms with Crippen molar-refractivity contribution in [1.82, 2.24) is 0 Å². The molecule has 32 heavy (non-hydrogen) atoms. The molecule has 0 spiro atoms. The third kappa shape index (κ3) is 4.26. The quantitative estimate of drug-likeness (QED) is 0.277. The normalized spacial score (nSPS) is 11.0. The summed E-state index contributed by atoms with van der Waals surface area (Å²) in [7, 11) is 0. The maximum absolute atomic E-state index is 13.4. The SMILES string of the molecule is Cc1cc(C)c2oc(-c3ccccc3Cl)c(OCC(=O)c3ccc(Cl)cc3Cl)c(=O)c2c1. The van der Waals surface area contributed by atoms with Gasteiger partial charge in [-0.3, -0.25) is 9.59 Å². The number of hydrogen-bond acceptors (Lipinski definition) is 4. The first-order valence-electron chi connectivity index (χ1n) is 9.70. The van der Waals surface area contributed by atoms with Crippen LogP contribution < -0.4 is 10.2 Å². The van der Waals surface area contributed by atoms with Crippen LogP contribution in [0, 0.1) is 13.8 Å². The average Bonchev–Trinajstić information content (AvgIpc) is 2.74. The molecule has 0 aliphatic carbocycles. The monoisotopic (exact) mass is 486 g/mol. The molecule has 0 N–H and O–H groups in total. The van der Waals surface area contributed by atoms with E-state index in [2.05, 4.69) is 0 Å². The van der Waals surface area contributed by atoms with Crippen molar-refractivity contribution in [2.45, 2.75) is 13.8 Å². The molecule has 0 radical (unpaired) electrons. The molecule has 4 nitrogen and oxygen atoms in total. The molecule has 0 saturated carbocycles. The lowest BCUT2D eigenvalue weighted by Gasteiger charge is -2.14. The molecule has 4 aromatic rings. The number of ether oxygens (including phenoxy) is 1. The Morgan fingerprint density at radius 3 is 2.44 bits per heavy atom. The second-order valence-corrected chi connectivity index (χ2v) is 8.61. The lowest BCUT2D eigenvalue weighted by molar-refractivity contribution is 0.0920. The Labute approximate surface area is 199 Å². The Bertz CT molecular complexity index is 1420. The van der Waals surface area contributed by atoms with Crippen molar-refractivity contribution in [3.63, 3.8) is 0 Å². The van der Waals surface area contributed by atoms with E-state index in [0.29, 0.717) is 26.6 Å². The molecular formula is C25H17Cl3O4. The van der Waals surface area contributed by atoms with Gasteiger partial charge in [-0.15, -0.1) is 0 Å². The average molecular weight is 488 g/mol. The maximum atomic E-state index is 13.4. The summed E-state index contributed by atoms with van der Waals surface area (Å²) in [5, 5.41) is 1.37. The minimum atomic E-state index is -0.417. The van der Waals surface area contributed by atoms with Gasteiger partial charge in [0.2, 0.25) is 17.0 Å². The zero-order valence-electron chi connectivity index (χ0n) is 17.2. The summed E-state index contributed by atoms with van der Waals surface area (Å²) >= 11 is 18.4. The van der Waals surface area contributed by atoms with Gasteiger partial charge in [0.15, 0.2) is 12.4 Å². The van der Waals surface area contributed by atoms with Crippen molar-refractivity contribution in [2.24, 2.45) is 0 Å². The molecular weight excluding hydrogens is 471 g/mol. The Morgan fingerprint density at radius 2 is 1.72 bits per heavy atom. The van der Waals surface area contributed by atoms with Crippen molar-refractivity contribution in [3.8, 4) is 17.1 Å². The summed E-state index contributed by atoms with van der Waals surface area (Å²) in [6, 6.07) is 15.2. The highest BCUT2D eigenvalue weighted by atomic mass is 35.5. The van der Waals surface area contributed by atoms with E-state index in [4.69, 9.17) is 44.0 Å². The molecule has 0 aliphatic rings. The predicted octanol–water partition coefficient (Wildman–Crippen LogP) is 7.30. The fourth-order valence-corrected chi connectivity index (χ4v) is 4.25. The number of rotatable bonds is 5. The van der Waals surface area contributed by atoms with Gasteiger partial charge in [-0.2, -0.15) is 0 Å². The summed E-state index contributed by atoms with van der Waals surface area (Å²) in [4.78, 5) is 26.2. The van der Waals surface area contributed by atoms with E-state index in [9.17, 15) is 9.59 Å². The van der Waals surface area contributed by atoms with Crippen molar-refractivity contribution < 1.29 is 13.9 Å². The Balaban J connectivity index is 1.84. The topological polar surface area (TPSA) is 56.5 Å². The molecule has 1 aromatic heterocycles. The Hall–Kier alpha value is -2.79. The zero-order chi connectivity index (χ0) is 23.0. The van der Waals surface area contributed by atoms with Crippen LogP contribution in [0.5, 0.6) is 5.75 Å². The highest BCUT2D eigenvalue weighted by molar-refractivity contribution is 6.37. The molecule has 0 atom stereocenters. The van der Waals surface area contributed by atoms with Gasteiger partial charge in [0.05, 0.1) is 15.4 Å². The molecule has 1 heterocycles. The Kier molecular flexibility index (Phi) is 6.29. The summed E-state index contributed by atoms with van der Waals surface area (Å²) in [6.45, 7) is 3.33. The molecule has 0 amide bonds. The number of halogens is 3. The number of carbonyl (C=O) groups excluding carboxylic acids is 1. The van der Waals surface area contributed by atoms with Crippen LogP contribution in [-0.4, -0.2) is 12.4 Å². The van der Waals surface area contributed by atoms with Crippen LogP contribution in [-0.2, 0) is 0 Å². The number of fused-ring (bicyclic) bond motifs is 1. The zero-order valence-corrected chi connectivity index (χ0v) is 19.4. The first-order chi connectivity index (χ1) is 15.3. The third-order valence-electron chi connectivity index (χ3n) is 4.98. The minimum absolute atomic E-state index is 0.0889. The van der Waals surface area contributed by atoms with E-state index in [1.807, 2.05) is 19.9 Å². The molecule has 0 saturated heterocycles. The van der Waals surface area contributed by atoms with E-state index < -0.39 is 12.4 Å². The van der Waals surface area contributed by atoms with Crippen LogP contribution in [0.4, 0.5) is 0 Å². The van der Waals surface area contributed by atoms with Gasteiger partial charge in [0.25, 0.3) is 0 Å². The first kappa shape index (κ1) is 22.4.